The van der Waals surface area contributed by atoms with Gasteiger partial charge in [0.05, 0.1) is 17.9 Å². The molecule has 0 atom stereocenters. The molecule has 0 spiro atoms. The maximum absolute atomic E-state index is 13.7. The van der Waals surface area contributed by atoms with Crippen LogP contribution in [0.3, 0.4) is 0 Å². The number of ether oxygens (including phenoxy) is 1. The number of alkyl halides is 3. The summed E-state index contributed by atoms with van der Waals surface area (Å²) >= 11 is 0. The molecule has 1 aromatic heterocycles. The van der Waals surface area contributed by atoms with Crippen molar-refractivity contribution in [2.45, 2.75) is 19.1 Å². The maximum atomic E-state index is 13.7. The molecule has 0 unspecified atom stereocenters. The molecule has 0 saturated carbocycles. The third-order valence-corrected chi connectivity index (χ3v) is 5.91. The molecule has 0 saturated heterocycles. The van der Waals surface area contributed by atoms with Crippen molar-refractivity contribution in [2.75, 3.05) is 44.5 Å². The predicted octanol–water partition coefficient (Wildman–Crippen LogP) is 4.35. The second-order valence-corrected chi connectivity index (χ2v) is 8.33. The van der Waals surface area contributed by atoms with Crippen molar-refractivity contribution in [3.05, 3.63) is 70.9 Å². The Morgan fingerprint density at radius 1 is 1.14 bits per heavy atom. The number of hydrogen-bond acceptors (Lipinski definition) is 7. The molecule has 11 heteroatoms. The van der Waals surface area contributed by atoms with E-state index in [4.69, 9.17) is 4.74 Å². The van der Waals surface area contributed by atoms with Crippen LogP contribution in [0.1, 0.15) is 27.0 Å². The maximum Gasteiger partial charge on any atom is 0.421 e. The fraction of sp³-hybridized carbons (Fsp3) is 0.320. The first kappa shape index (κ1) is 25.4. The van der Waals surface area contributed by atoms with Crippen LogP contribution in [0.4, 0.5) is 36.3 Å². The van der Waals surface area contributed by atoms with Gasteiger partial charge in [-0.15, -0.1) is 0 Å². The van der Waals surface area contributed by atoms with E-state index in [1.54, 1.807) is 19.2 Å². The molecule has 36 heavy (non-hydrogen) atoms. The number of carbonyl (C=O) groups excluding carboxylic acids is 1. The number of nitrogens with one attached hydrogen (secondary N) is 3. The minimum atomic E-state index is -4.69. The summed E-state index contributed by atoms with van der Waals surface area (Å²) in [5.74, 6) is -0.891. The van der Waals surface area contributed by atoms with E-state index in [-0.39, 0.29) is 17.2 Å². The summed E-state index contributed by atoms with van der Waals surface area (Å²) in [6.45, 7) is 3.24. The second kappa shape index (κ2) is 10.9. The third kappa shape index (κ3) is 5.92. The van der Waals surface area contributed by atoms with E-state index in [1.165, 1.54) is 30.3 Å². The lowest BCUT2D eigenvalue weighted by atomic mass is 9.99. The topological polar surface area (TPSA) is 91.4 Å². The molecular weight excluding hydrogens is 473 g/mol. The molecule has 0 fully saturated rings. The first-order valence-corrected chi connectivity index (χ1v) is 11.4. The van der Waals surface area contributed by atoms with Crippen molar-refractivity contribution >= 4 is 29.0 Å². The SMILES string of the molecule is CNC(=O)c1ccccc1Nc1nc(Nc2ccc3c(c2)CCN(CCOC)C3)ncc1C(F)(F)F. The van der Waals surface area contributed by atoms with Crippen LogP contribution in [0.2, 0.25) is 0 Å². The lowest BCUT2D eigenvalue weighted by Crippen LogP contribution is -2.33. The number of fused-ring (bicyclic) bond motifs is 1. The number of carbonyl (C=O) groups is 1. The highest BCUT2D eigenvalue weighted by molar-refractivity contribution is 6.00. The van der Waals surface area contributed by atoms with Crippen LogP contribution in [0.15, 0.2) is 48.7 Å². The Bertz CT molecular complexity index is 1230. The normalized spacial score (nSPS) is 13.7. The Balaban J connectivity index is 1.59. The van der Waals surface area contributed by atoms with Gasteiger partial charge in [-0.3, -0.25) is 9.69 Å². The molecule has 2 heterocycles. The number of hydrogen-bond donors (Lipinski definition) is 3. The van der Waals surface area contributed by atoms with Gasteiger partial charge in [-0.25, -0.2) is 4.98 Å². The minimum Gasteiger partial charge on any atom is -0.383 e. The van der Waals surface area contributed by atoms with Gasteiger partial charge in [0.1, 0.15) is 11.4 Å². The van der Waals surface area contributed by atoms with Gasteiger partial charge in [0.15, 0.2) is 0 Å². The highest BCUT2D eigenvalue weighted by atomic mass is 19.4. The summed E-state index contributed by atoms with van der Waals surface area (Å²) in [6, 6.07) is 12.1. The van der Waals surface area contributed by atoms with Crippen LogP contribution >= 0.6 is 0 Å². The number of benzene rings is 2. The molecule has 0 aliphatic carbocycles. The number of halogens is 3. The number of amides is 1. The number of rotatable bonds is 8. The fourth-order valence-corrected chi connectivity index (χ4v) is 4.03. The zero-order valence-corrected chi connectivity index (χ0v) is 19.9. The lowest BCUT2D eigenvalue weighted by molar-refractivity contribution is -0.137. The Kier molecular flexibility index (Phi) is 7.70. The van der Waals surface area contributed by atoms with E-state index in [0.29, 0.717) is 12.3 Å². The number of nitrogens with zero attached hydrogens (tertiary/aromatic N) is 3. The highest BCUT2D eigenvalue weighted by Crippen LogP contribution is 2.36. The molecule has 4 rings (SSSR count). The monoisotopic (exact) mass is 500 g/mol. The molecule has 3 N–H and O–H groups in total. The van der Waals surface area contributed by atoms with Crippen LogP contribution in [-0.2, 0) is 23.9 Å². The Morgan fingerprint density at radius 2 is 1.94 bits per heavy atom. The number of anilines is 4. The van der Waals surface area contributed by atoms with E-state index < -0.39 is 23.5 Å². The van der Waals surface area contributed by atoms with Crippen molar-refractivity contribution in [2.24, 2.45) is 0 Å². The average Bonchev–Trinajstić information content (AvgIpc) is 2.86. The summed E-state index contributed by atoms with van der Waals surface area (Å²) in [4.78, 5) is 22.5. The molecule has 0 radical (unpaired) electrons. The third-order valence-electron chi connectivity index (χ3n) is 5.91. The first-order chi connectivity index (χ1) is 17.3. The lowest BCUT2D eigenvalue weighted by Gasteiger charge is -2.28. The van der Waals surface area contributed by atoms with Gasteiger partial charge in [0, 0.05) is 45.7 Å². The Morgan fingerprint density at radius 3 is 2.69 bits per heavy atom. The van der Waals surface area contributed by atoms with E-state index >= 15 is 0 Å². The van der Waals surface area contributed by atoms with Gasteiger partial charge in [0.2, 0.25) is 5.95 Å². The summed E-state index contributed by atoms with van der Waals surface area (Å²) in [5.41, 5.74) is 2.38. The summed E-state index contributed by atoms with van der Waals surface area (Å²) in [7, 11) is 3.13. The molecule has 1 aliphatic rings. The van der Waals surface area contributed by atoms with E-state index in [2.05, 4.69) is 30.8 Å². The highest BCUT2D eigenvalue weighted by Gasteiger charge is 2.35. The number of para-hydroxylation sites is 1. The minimum absolute atomic E-state index is 0.000375. The quantitative estimate of drug-likeness (QED) is 0.424. The number of methoxy groups -OCH3 is 1. The van der Waals surface area contributed by atoms with Crippen molar-refractivity contribution < 1.29 is 22.7 Å². The van der Waals surface area contributed by atoms with E-state index in [9.17, 15) is 18.0 Å². The smallest absolute Gasteiger partial charge is 0.383 e. The van der Waals surface area contributed by atoms with Gasteiger partial charge >= 0.3 is 6.18 Å². The Hall–Kier alpha value is -3.70. The summed E-state index contributed by atoms with van der Waals surface area (Å²) in [5, 5.41) is 8.16. The van der Waals surface area contributed by atoms with Crippen molar-refractivity contribution in [1.82, 2.24) is 20.2 Å². The van der Waals surface area contributed by atoms with Crippen LogP contribution in [-0.4, -0.2) is 54.6 Å². The second-order valence-electron chi connectivity index (χ2n) is 8.33. The van der Waals surface area contributed by atoms with E-state index in [1.807, 2.05) is 18.2 Å². The fourth-order valence-electron chi connectivity index (χ4n) is 4.03. The van der Waals surface area contributed by atoms with Gasteiger partial charge < -0.3 is 20.7 Å². The summed E-state index contributed by atoms with van der Waals surface area (Å²) in [6.07, 6.45) is -3.11. The van der Waals surface area contributed by atoms with Crippen molar-refractivity contribution in [3.63, 3.8) is 0 Å². The summed E-state index contributed by atoms with van der Waals surface area (Å²) < 4.78 is 46.3. The van der Waals surface area contributed by atoms with Gasteiger partial charge in [-0.1, -0.05) is 18.2 Å². The van der Waals surface area contributed by atoms with Gasteiger partial charge in [-0.2, -0.15) is 18.2 Å². The van der Waals surface area contributed by atoms with Crippen LogP contribution < -0.4 is 16.0 Å². The standard InChI is InChI=1S/C25H27F3N6O2/c1-29-23(35)19-5-3-4-6-21(19)32-22-20(25(26,27)28)14-30-24(33-22)31-18-8-7-17-15-34(11-12-36-2)10-9-16(17)13-18/h3-8,13-14H,9-12,15H2,1-2H3,(H,29,35)(H2,30,31,32,33). The van der Waals surface area contributed by atoms with Crippen LogP contribution in [0.25, 0.3) is 0 Å². The predicted molar refractivity (Wildman–Crippen MR) is 131 cm³/mol. The zero-order valence-electron chi connectivity index (χ0n) is 19.9. The van der Waals surface area contributed by atoms with Crippen LogP contribution in [0.5, 0.6) is 0 Å². The molecule has 8 nitrogen and oxygen atoms in total. The van der Waals surface area contributed by atoms with Crippen molar-refractivity contribution in [1.29, 1.82) is 0 Å². The molecule has 2 aromatic carbocycles. The molecular formula is C25H27F3N6O2. The molecule has 3 aromatic rings. The van der Waals surface area contributed by atoms with Crippen LogP contribution in [0, 0.1) is 0 Å². The molecule has 1 aliphatic heterocycles. The molecule has 1 amide bonds. The number of aromatic nitrogens is 2. The molecule has 190 valence electrons. The molecule has 0 bridgehead atoms. The largest absolute Gasteiger partial charge is 0.421 e. The Labute approximate surface area is 206 Å². The van der Waals surface area contributed by atoms with Gasteiger partial charge in [0.25, 0.3) is 5.91 Å². The van der Waals surface area contributed by atoms with Gasteiger partial charge in [-0.05, 0) is 41.8 Å². The first-order valence-electron chi connectivity index (χ1n) is 11.4. The zero-order chi connectivity index (χ0) is 25.7. The average molecular weight is 501 g/mol. The van der Waals surface area contributed by atoms with Crippen molar-refractivity contribution in [3.8, 4) is 0 Å². The van der Waals surface area contributed by atoms with E-state index in [0.717, 1.165) is 32.3 Å².